The van der Waals surface area contributed by atoms with Crippen LogP contribution in [0.2, 0.25) is 0 Å². The fraction of sp³-hybridized carbons (Fsp3) is 1.00. The molecular formula is C17H31NO. The molecule has 3 aliphatic carbocycles. The standard InChI is InChI=1S/C17H31NO/c1-4-17(3)15(10-16(17)19-5-2)18-11-14(12-6-7-12)13-8-9-13/h12-16,18H,4-11H2,1-3H3. The molecule has 0 spiro atoms. The maximum atomic E-state index is 5.90. The van der Waals surface area contributed by atoms with Crippen molar-refractivity contribution >= 4 is 0 Å². The molecule has 0 radical (unpaired) electrons. The molecule has 3 fully saturated rings. The quantitative estimate of drug-likeness (QED) is 0.724. The molecule has 3 atom stereocenters. The lowest BCUT2D eigenvalue weighted by Crippen LogP contribution is -2.62. The van der Waals surface area contributed by atoms with Crippen molar-refractivity contribution in [1.29, 1.82) is 0 Å². The summed E-state index contributed by atoms with van der Waals surface area (Å²) in [6, 6.07) is 0.689. The summed E-state index contributed by atoms with van der Waals surface area (Å²) >= 11 is 0. The molecule has 0 bridgehead atoms. The molecule has 2 nitrogen and oxygen atoms in total. The van der Waals surface area contributed by atoms with Gasteiger partial charge in [0.05, 0.1) is 6.10 Å². The van der Waals surface area contributed by atoms with Crippen molar-refractivity contribution in [2.45, 2.75) is 71.4 Å². The highest BCUT2D eigenvalue weighted by molar-refractivity contribution is 5.05. The van der Waals surface area contributed by atoms with Gasteiger partial charge in [-0.25, -0.2) is 0 Å². The minimum absolute atomic E-state index is 0.369. The van der Waals surface area contributed by atoms with E-state index < -0.39 is 0 Å². The number of rotatable bonds is 8. The average Bonchev–Trinajstić information content (AvgIpc) is 3.28. The zero-order valence-corrected chi connectivity index (χ0v) is 13.0. The second-order valence-corrected chi connectivity index (χ2v) is 7.34. The van der Waals surface area contributed by atoms with Crippen LogP contribution >= 0.6 is 0 Å². The molecule has 0 aromatic rings. The molecule has 1 N–H and O–H groups in total. The van der Waals surface area contributed by atoms with E-state index in [-0.39, 0.29) is 0 Å². The predicted octanol–water partition coefficient (Wildman–Crippen LogP) is 3.61. The van der Waals surface area contributed by atoms with Gasteiger partial charge in [-0.3, -0.25) is 0 Å². The molecule has 3 saturated carbocycles. The van der Waals surface area contributed by atoms with E-state index in [0.29, 0.717) is 17.6 Å². The van der Waals surface area contributed by atoms with Gasteiger partial charge in [-0.1, -0.05) is 13.8 Å². The lowest BCUT2D eigenvalue weighted by molar-refractivity contribution is -0.126. The predicted molar refractivity (Wildman–Crippen MR) is 79.2 cm³/mol. The summed E-state index contributed by atoms with van der Waals surface area (Å²) in [6.45, 7) is 8.98. The third-order valence-corrected chi connectivity index (χ3v) is 6.17. The fourth-order valence-corrected chi connectivity index (χ4v) is 4.11. The minimum atomic E-state index is 0.369. The van der Waals surface area contributed by atoms with E-state index >= 15 is 0 Å². The number of hydrogen-bond donors (Lipinski definition) is 1. The van der Waals surface area contributed by atoms with Crippen LogP contribution in [-0.2, 0) is 4.74 Å². The zero-order valence-electron chi connectivity index (χ0n) is 13.0. The topological polar surface area (TPSA) is 21.3 Å². The van der Waals surface area contributed by atoms with E-state index in [1.54, 1.807) is 0 Å². The van der Waals surface area contributed by atoms with Crippen molar-refractivity contribution < 1.29 is 4.74 Å². The highest BCUT2D eigenvalue weighted by Gasteiger charge is 2.51. The van der Waals surface area contributed by atoms with Gasteiger partial charge in [-0.05, 0) is 69.7 Å². The highest BCUT2D eigenvalue weighted by atomic mass is 16.5. The van der Waals surface area contributed by atoms with E-state index in [9.17, 15) is 0 Å². The lowest BCUT2D eigenvalue weighted by atomic mass is 9.61. The molecule has 0 saturated heterocycles. The number of ether oxygens (including phenoxy) is 1. The van der Waals surface area contributed by atoms with Gasteiger partial charge in [0.15, 0.2) is 0 Å². The summed E-state index contributed by atoms with van der Waals surface area (Å²) in [7, 11) is 0. The molecule has 0 aliphatic heterocycles. The van der Waals surface area contributed by atoms with Crippen molar-refractivity contribution in [3.63, 3.8) is 0 Å². The molecular weight excluding hydrogens is 234 g/mol. The van der Waals surface area contributed by atoms with Crippen molar-refractivity contribution in [2.24, 2.45) is 23.2 Å². The van der Waals surface area contributed by atoms with Gasteiger partial charge in [0, 0.05) is 18.1 Å². The molecule has 110 valence electrons. The highest BCUT2D eigenvalue weighted by Crippen LogP contribution is 2.50. The monoisotopic (exact) mass is 265 g/mol. The van der Waals surface area contributed by atoms with Crippen LogP contribution in [0.1, 0.15) is 59.3 Å². The van der Waals surface area contributed by atoms with Crippen LogP contribution in [0, 0.1) is 23.2 Å². The summed E-state index contributed by atoms with van der Waals surface area (Å²) in [5, 5.41) is 3.91. The molecule has 0 aromatic carbocycles. The third-order valence-electron chi connectivity index (χ3n) is 6.17. The first-order valence-corrected chi connectivity index (χ1v) is 8.54. The third kappa shape index (κ3) is 2.71. The molecule has 3 unspecified atom stereocenters. The molecule has 0 heterocycles. The Labute approximate surface area is 118 Å². The lowest BCUT2D eigenvalue weighted by Gasteiger charge is -2.54. The van der Waals surface area contributed by atoms with Gasteiger partial charge < -0.3 is 10.1 Å². The Bertz CT molecular complexity index is 298. The minimum Gasteiger partial charge on any atom is -0.378 e. The van der Waals surface area contributed by atoms with Gasteiger partial charge in [0.2, 0.25) is 0 Å². The summed E-state index contributed by atoms with van der Waals surface area (Å²) in [6.07, 6.45) is 8.94. The smallest absolute Gasteiger partial charge is 0.0658 e. The van der Waals surface area contributed by atoms with Crippen LogP contribution in [0.25, 0.3) is 0 Å². The summed E-state index contributed by atoms with van der Waals surface area (Å²) in [5.74, 6) is 3.12. The Morgan fingerprint density at radius 3 is 2.26 bits per heavy atom. The van der Waals surface area contributed by atoms with Crippen LogP contribution in [0.3, 0.4) is 0 Å². The second kappa shape index (κ2) is 5.37. The molecule has 19 heavy (non-hydrogen) atoms. The van der Waals surface area contributed by atoms with Crippen molar-refractivity contribution in [3.05, 3.63) is 0 Å². The van der Waals surface area contributed by atoms with Crippen LogP contribution in [0.5, 0.6) is 0 Å². The van der Waals surface area contributed by atoms with E-state index in [2.05, 4.69) is 26.1 Å². The van der Waals surface area contributed by atoms with Crippen LogP contribution in [0.4, 0.5) is 0 Å². The van der Waals surface area contributed by atoms with E-state index in [1.165, 1.54) is 45.1 Å². The van der Waals surface area contributed by atoms with Crippen LogP contribution in [-0.4, -0.2) is 25.3 Å². The molecule has 0 aromatic heterocycles. The van der Waals surface area contributed by atoms with Gasteiger partial charge in [0.1, 0.15) is 0 Å². The first kappa shape index (κ1) is 13.9. The summed E-state index contributed by atoms with van der Waals surface area (Å²) < 4.78 is 5.90. The first-order valence-electron chi connectivity index (χ1n) is 8.54. The maximum Gasteiger partial charge on any atom is 0.0658 e. The molecule has 0 amide bonds. The average molecular weight is 265 g/mol. The van der Waals surface area contributed by atoms with Crippen LogP contribution < -0.4 is 5.32 Å². The Morgan fingerprint density at radius 2 is 1.79 bits per heavy atom. The fourth-order valence-electron chi connectivity index (χ4n) is 4.11. The molecule has 3 aliphatic rings. The van der Waals surface area contributed by atoms with Crippen molar-refractivity contribution in [2.75, 3.05) is 13.2 Å². The Hall–Kier alpha value is -0.0800. The normalized spacial score (nSPS) is 38.5. The van der Waals surface area contributed by atoms with Gasteiger partial charge in [-0.2, -0.15) is 0 Å². The Balaban J connectivity index is 1.49. The van der Waals surface area contributed by atoms with Crippen molar-refractivity contribution in [3.8, 4) is 0 Å². The van der Waals surface area contributed by atoms with Gasteiger partial charge in [0.25, 0.3) is 0 Å². The van der Waals surface area contributed by atoms with E-state index in [1.807, 2.05) is 0 Å². The van der Waals surface area contributed by atoms with Gasteiger partial charge in [-0.15, -0.1) is 0 Å². The first-order chi connectivity index (χ1) is 9.19. The van der Waals surface area contributed by atoms with Crippen molar-refractivity contribution in [1.82, 2.24) is 5.32 Å². The zero-order chi connectivity index (χ0) is 13.5. The number of nitrogens with one attached hydrogen (secondary N) is 1. The Kier molecular flexibility index (Phi) is 3.92. The Morgan fingerprint density at radius 1 is 1.16 bits per heavy atom. The maximum absolute atomic E-state index is 5.90. The largest absolute Gasteiger partial charge is 0.378 e. The second-order valence-electron chi connectivity index (χ2n) is 7.34. The SMILES string of the molecule is CCOC1CC(NCC(C2CC2)C2CC2)C1(C)CC. The molecule has 3 rings (SSSR count). The van der Waals surface area contributed by atoms with Gasteiger partial charge >= 0.3 is 0 Å². The van der Waals surface area contributed by atoms with Crippen LogP contribution in [0.15, 0.2) is 0 Å². The number of hydrogen-bond acceptors (Lipinski definition) is 2. The van der Waals surface area contributed by atoms with E-state index in [4.69, 9.17) is 4.74 Å². The summed E-state index contributed by atoms with van der Waals surface area (Å²) in [5.41, 5.74) is 0.369. The molecule has 2 heteroatoms. The van der Waals surface area contributed by atoms with E-state index in [0.717, 1.165) is 24.4 Å². The summed E-state index contributed by atoms with van der Waals surface area (Å²) in [4.78, 5) is 0.